The number of para-hydroxylation sites is 1. The number of carbonyl (C=O) groups is 1. The number of carbonyl (C=O) groups excluding carboxylic acids is 1. The molecule has 1 aliphatic rings. The molecule has 0 unspecified atom stereocenters. The highest BCUT2D eigenvalue weighted by molar-refractivity contribution is 7.13. The highest BCUT2D eigenvalue weighted by Gasteiger charge is 2.27. The molecular weight excluding hydrogens is 524 g/mol. The number of amides is 1. The number of aryl methyl sites for hydroxylation is 1. The summed E-state index contributed by atoms with van der Waals surface area (Å²) < 4.78 is 17.2. The van der Waals surface area contributed by atoms with Gasteiger partial charge < -0.3 is 29.6 Å². The van der Waals surface area contributed by atoms with Crippen LogP contribution in [0.15, 0.2) is 66.2 Å². The summed E-state index contributed by atoms with van der Waals surface area (Å²) in [5.41, 5.74) is 7.16. The molecule has 2 aromatic heterocycles. The molecule has 0 spiro atoms. The van der Waals surface area contributed by atoms with E-state index in [0.29, 0.717) is 35.8 Å². The van der Waals surface area contributed by atoms with Crippen molar-refractivity contribution in [3.63, 3.8) is 0 Å². The number of rotatable bonds is 8. The van der Waals surface area contributed by atoms with Crippen LogP contribution in [0.25, 0.3) is 32.5 Å². The van der Waals surface area contributed by atoms with Gasteiger partial charge in [-0.2, -0.15) is 0 Å². The zero-order valence-corrected chi connectivity index (χ0v) is 23.4. The zero-order valence-electron chi connectivity index (χ0n) is 22.5. The van der Waals surface area contributed by atoms with E-state index in [1.54, 1.807) is 25.6 Å². The third-order valence-electron chi connectivity index (χ3n) is 7.45. The van der Waals surface area contributed by atoms with Crippen molar-refractivity contribution in [3.05, 3.63) is 88.4 Å². The summed E-state index contributed by atoms with van der Waals surface area (Å²) in [5, 5.41) is 16.4. The number of benzene rings is 3. The smallest absolute Gasteiger partial charge is 0.252 e. The lowest BCUT2D eigenvalue weighted by Crippen LogP contribution is -2.39. The molecule has 204 valence electrons. The molecule has 1 atom stereocenters. The number of aliphatic hydroxyl groups excluding tert-OH is 1. The molecule has 5 aromatic rings. The molecule has 3 aromatic carbocycles. The molecule has 0 saturated heterocycles. The minimum Gasteiger partial charge on any atom is -0.493 e. The normalized spacial score (nSPS) is 12.8. The molecule has 0 bridgehead atoms. The molecule has 0 saturated carbocycles. The van der Waals surface area contributed by atoms with Crippen LogP contribution in [0, 0.1) is 6.92 Å². The van der Waals surface area contributed by atoms with Gasteiger partial charge in [0.25, 0.3) is 5.91 Å². The van der Waals surface area contributed by atoms with Gasteiger partial charge in [-0.25, -0.2) is 0 Å². The van der Waals surface area contributed by atoms with Crippen molar-refractivity contribution in [1.29, 1.82) is 0 Å². The lowest BCUT2D eigenvalue weighted by Gasteiger charge is -2.25. The number of H-pyrrole nitrogens is 1. The SMILES string of the molecule is COc1cc2c(cc1OC)-c1cc(C(=O)N[C@@H](CO)Cc3c[nH]c4ccccc34)c(-c3sccc3C)cc1OC2. The number of thiophene rings is 1. The fourth-order valence-corrected chi connectivity index (χ4v) is 6.33. The minimum absolute atomic E-state index is 0.188. The van der Waals surface area contributed by atoms with Crippen LogP contribution in [0.1, 0.15) is 27.0 Å². The van der Waals surface area contributed by atoms with Gasteiger partial charge in [0.2, 0.25) is 0 Å². The predicted octanol–water partition coefficient (Wildman–Crippen LogP) is 6.11. The van der Waals surface area contributed by atoms with Crippen molar-refractivity contribution in [3.8, 4) is 38.8 Å². The van der Waals surface area contributed by atoms with E-state index < -0.39 is 6.04 Å². The number of methoxy groups -OCH3 is 2. The molecule has 8 heteroatoms. The van der Waals surface area contributed by atoms with Crippen LogP contribution in [-0.2, 0) is 13.0 Å². The third kappa shape index (κ3) is 4.59. The average Bonchev–Trinajstić information content (AvgIpc) is 3.60. The van der Waals surface area contributed by atoms with E-state index in [0.717, 1.165) is 49.2 Å². The number of nitrogens with one attached hydrogen (secondary N) is 2. The Morgan fingerprint density at radius 3 is 2.62 bits per heavy atom. The largest absolute Gasteiger partial charge is 0.493 e. The topological polar surface area (TPSA) is 92.8 Å². The summed E-state index contributed by atoms with van der Waals surface area (Å²) in [6, 6.07) is 17.3. The number of hydrogen-bond acceptors (Lipinski definition) is 6. The van der Waals surface area contributed by atoms with E-state index in [1.165, 1.54) is 0 Å². The zero-order chi connectivity index (χ0) is 27.8. The third-order valence-corrected chi connectivity index (χ3v) is 8.50. The summed E-state index contributed by atoms with van der Waals surface area (Å²) in [6.07, 6.45) is 2.43. The van der Waals surface area contributed by atoms with Crippen LogP contribution in [0.3, 0.4) is 0 Å². The standard InChI is InChI=1S/C32H30N2O5S/c1-18-8-9-40-31(18)25-14-28-24(23-13-30(38-3)29(37-2)11-20(23)17-39-28)12-26(25)32(36)34-21(16-35)10-19-15-33-27-7-5-4-6-22(19)27/h4-9,11-15,21,33,35H,10,16-17H2,1-3H3,(H,34,36)/t21-/m1/s1. The van der Waals surface area contributed by atoms with Crippen LogP contribution in [0.2, 0.25) is 0 Å². The van der Waals surface area contributed by atoms with Crippen LogP contribution < -0.4 is 19.5 Å². The van der Waals surface area contributed by atoms with Gasteiger partial charge in [-0.1, -0.05) is 18.2 Å². The average molecular weight is 555 g/mol. The molecule has 1 amide bonds. The molecule has 3 heterocycles. The Bertz CT molecular complexity index is 1720. The maximum absolute atomic E-state index is 13.9. The van der Waals surface area contributed by atoms with Gasteiger partial charge in [-0.15, -0.1) is 11.3 Å². The van der Waals surface area contributed by atoms with Crippen LogP contribution in [0.5, 0.6) is 17.2 Å². The van der Waals surface area contributed by atoms with E-state index in [-0.39, 0.29) is 12.5 Å². The second kappa shape index (κ2) is 10.7. The van der Waals surface area contributed by atoms with Crippen molar-refractivity contribution >= 4 is 28.1 Å². The van der Waals surface area contributed by atoms with Gasteiger partial charge in [0.1, 0.15) is 12.4 Å². The number of aliphatic hydroxyl groups is 1. The quantitative estimate of drug-likeness (QED) is 0.215. The summed E-state index contributed by atoms with van der Waals surface area (Å²) in [7, 11) is 3.21. The Kier molecular flexibility index (Phi) is 6.96. The van der Waals surface area contributed by atoms with Crippen LogP contribution >= 0.6 is 11.3 Å². The number of aromatic nitrogens is 1. The molecule has 0 fully saturated rings. The van der Waals surface area contributed by atoms with Crippen molar-refractivity contribution in [2.45, 2.75) is 26.0 Å². The minimum atomic E-state index is -0.465. The molecule has 0 aliphatic carbocycles. The Morgan fingerprint density at radius 1 is 1.07 bits per heavy atom. The number of hydrogen-bond donors (Lipinski definition) is 3. The van der Waals surface area contributed by atoms with Gasteiger partial charge in [0.05, 0.1) is 26.9 Å². The highest BCUT2D eigenvalue weighted by Crippen LogP contribution is 2.46. The first kappa shape index (κ1) is 26.0. The van der Waals surface area contributed by atoms with Crippen LogP contribution in [-0.4, -0.2) is 42.9 Å². The van der Waals surface area contributed by atoms with E-state index in [1.807, 2.05) is 73.1 Å². The fraction of sp³-hybridized carbons (Fsp3) is 0.219. The molecule has 1 aliphatic heterocycles. The van der Waals surface area contributed by atoms with E-state index in [2.05, 4.69) is 10.3 Å². The Labute approximate surface area is 236 Å². The van der Waals surface area contributed by atoms with Crippen molar-refractivity contribution < 1.29 is 24.1 Å². The summed E-state index contributed by atoms with van der Waals surface area (Å²) >= 11 is 1.59. The lowest BCUT2D eigenvalue weighted by atomic mass is 9.91. The fourth-order valence-electron chi connectivity index (χ4n) is 5.37. The van der Waals surface area contributed by atoms with Crippen LogP contribution in [0.4, 0.5) is 0 Å². The monoisotopic (exact) mass is 554 g/mol. The maximum atomic E-state index is 13.9. The predicted molar refractivity (Wildman–Crippen MR) is 158 cm³/mol. The van der Waals surface area contributed by atoms with E-state index in [9.17, 15) is 9.90 Å². The molecule has 6 rings (SSSR count). The van der Waals surface area contributed by atoms with Gasteiger partial charge in [0.15, 0.2) is 11.5 Å². The van der Waals surface area contributed by atoms with Gasteiger partial charge in [-0.3, -0.25) is 4.79 Å². The van der Waals surface area contributed by atoms with Gasteiger partial charge >= 0.3 is 0 Å². The summed E-state index contributed by atoms with van der Waals surface area (Å²) in [4.78, 5) is 18.2. The maximum Gasteiger partial charge on any atom is 0.252 e. The Balaban J connectivity index is 1.40. The first-order chi connectivity index (χ1) is 19.5. The number of fused-ring (bicyclic) bond motifs is 4. The number of ether oxygens (including phenoxy) is 3. The molecular formula is C32H30N2O5S. The summed E-state index contributed by atoms with van der Waals surface area (Å²) in [6.45, 7) is 2.23. The molecule has 0 radical (unpaired) electrons. The van der Waals surface area contributed by atoms with Gasteiger partial charge in [-0.05, 0) is 71.8 Å². The van der Waals surface area contributed by atoms with Gasteiger partial charge in [0, 0.05) is 44.2 Å². The lowest BCUT2D eigenvalue weighted by molar-refractivity contribution is 0.0917. The van der Waals surface area contributed by atoms with Crippen molar-refractivity contribution in [1.82, 2.24) is 10.3 Å². The number of aromatic amines is 1. The first-order valence-electron chi connectivity index (χ1n) is 13.1. The highest BCUT2D eigenvalue weighted by atomic mass is 32.1. The second-order valence-corrected chi connectivity index (χ2v) is 10.8. The van der Waals surface area contributed by atoms with Crippen molar-refractivity contribution in [2.75, 3.05) is 20.8 Å². The molecule has 40 heavy (non-hydrogen) atoms. The molecule has 3 N–H and O–H groups in total. The van der Waals surface area contributed by atoms with E-state index in [4.69, 9.17) is 14.2 Å². The first-order valence-corrected chi connectivity index (χ1v) is 14.0. The second-order valence-electron chi connectivity index (χ2n) is 9.90. The summed E-state index contributed by atoms with van der Waals surface area (Å²) in [5.74, 6) is 1.69. The Hall–Kier alpha value is -4.27. The van der Waals surface area contributed by atoms with E-state index >= 15 is 0 Å². The Morgan fingerprint density at radius 2 is 1.88 bits per heavy atom. The molecule has 7 nitrogen and oxygen atoms in total. The van der Waals surface area contributed by atoms with Crippen molar-refractivity contribution in [2.24, 2.45) is 0 Å².